The third-order valence-corrected chi connectivity index (χ3v) is 2.74. The number of methoxy groups -OCH3 is 1. The van der Waals surface area contributed by atoms with E-state index in [0.717, 1.165) is 12.1 Å². The molecule has 1 aromatic carbocycles. The van der Waals surface area contributed by atoms with Crippen LogP contribution in [0.2, 0.25) is 0 Å². The fourth-order valence-corrected chi connectivity index (χ4v) is 1.65. The Labute approximate surface area is 126 Å². The van der Waals surface area contributed by atoms with Crippen molar-refractivity contribution in [3.63, 3.8) is 0 Å². The molecule has 0 fully saturated rings. The highest BCUT2D eigenvalue weighted by Gasteiger charge is 2.26. The third-order valence-electron chi connectivity index (χ3n) is 2.74. The topological polar surface area (TPSA) is 128 Å². The molecule has 1 rings (SSSR count). The third kappa shape index (κ3) is 3.84. The minimum absolute atomic E-state index is 0.108. The number of benzene rings is 1. The van der Waals surface area contributed by atoms with Crippen molar-refractivity contribution in [2.24, 2.45) is 0 Å². The molecule has 0 saturated carbocycles. The van der Waals surface area contributed by atoms with E-state index in [2.05, 4.69) is 5.32 Å². The van der Waals surface area contributed by atoms with E-state index in [4.69, 9.17) is 14.6 Å². The molecule has 2 N–H and O–H groups in total. The molecule has 0 heterocycles. The van der Waals surface area contributed by atoms with Gasteiger partial charge < -0.3 is 19.9 Å². The Kier molecular flexibility index (Phi) is 5.67. The summed E-state index contributed by atoms with van der Waals surface area (Å²) in [5.74, 6) is -1.88. The Bertz CT molecular complexity index is 600. The maximum Gasteiger partial charge on any atom is 0.325 e. The van der Waals surface area contributed by atoms with Gasteiger partial charge in [-0.3, -0.25) is 19.7 Å². The zero-order valence-corrected chi connectivity index (χ0v) is 12.3. The lowest BCUT2D eigenvalue weighted by atomic mass is 10.1. The first-order valence-electron chi connectivity index (χ1n) is 6.34. The van der Waals surface area contributed by atoms with Crippen LogP contribution in [0.1, 0.15) is 24.2 Å². The highest BCUT2D eigenvalue weighted by Crippen LogP contribution is 2.34. The number of hydrogen-bond donors (Lipinski definition) is 2. The van der Waals surface area contributed by atoms with Gasteiger partial charge in [-0.25, -0.2) is 0 Å². The predicted octanol–water partition coefficient (Wildman–Crippen LogP) is 1.21. The van der Waals surface area contributed by atoms with Crippen molar-refractivity contribution in [3.8, 4) is 11.5 Å². The summed E-state index contributed by atoms with van der Waals surface area (Å²) in [4.78, 5) is 33.2. The van der Waals surface area contributed by atoms with Crippen molar-refractivity contribution in [2.45, 2.75) is 19.9 Å². The number of ether oxygens (including phenoxy) is 2. The molecule has 120 valence electrons. The van der Waals surface area contributed by atoms with Gasteiger partial charge >= 0.3 is 5.97 Å². The molecule has 0 bridgehead atoms. The molecular weight excluding hydrogens is 296 g/mol. The first-order valence-corrected chi connectivity index (χ1v) is 6.34. The van der Waals surface area contributed by atoms with Gasteiger partial charge in [0, 0.05) is 6.07 Å². The Morgan fingerprint density at radius 2 is 2.05 bits per heavy atom. The summed E-state index contributed by atoms with van der Waals surface area (Å²) in [6, 6.07) is 1.03. The second-order valence-electron chi connectivity index (χ2n) is 4.24. The second-order valence-corrected chi connectivity index (χ2v) is 4.24. The van der Waals surface area contributed by atoms with Gasteiger partial charge in [0.25, 0.3) is 11.6 Å². The molecule has 0 unspecified atom stereocenters. The van der Waals surface area contributed by atoms with Crippen LogP contribution in [-0.2, 0) is 4.79 Å². The monoisotopic (exact) mass is 312 g/mol. The molecule has 0 aliphatic rings. The van der Waals surface area contributed by atoms with Crippen molar-refractivity contribution in [1.29, 1.82) is 0 Å². The molecule has 1 amide bonds. The number of carboxylic acids is 1. The molecule has 9 heteroatoms. The number of rotatable bonds is 7. The summed E-state index contributed by atoms with van der Waals surface area (Å²) in [5.41, 5.74) is -0.808. The lowest BCUT2D eigenvalue weighted by Gasteiger charge is -2.13. The Balaban J connectivity index is 3.30. The van der Waals surface area contributed by atoms with E-state index in [9.17, 15) is 19.7 Å². The number of nitro groups is 1. The Morgan fingerprint density at radius 1 is 1.41 bits per heavy atom. The number of carbonyl (C=O) groups excluding carboxylic acids is 1. The van der Waals surface area contributed by atoms with E-state index < -0.39 is 28.5 Å². The molecule has 1 atom stereocenters. The van der Waals surface area contributed by atoms with Gasteiger partial charge in [0.15, 0.2) is 11.5 Å². The van der Waals surface area contributed by atoms with E-state index in [-0.39, 0.29) is 23.7 Å². The van der Waals surface area contributed by atoms with Crippen molar-refractivity contribution >= 4 is 17.6 Å². The summed E-state index contributed by atoms with van der Waals surface area (Å²) in [6.07, 6.45) is 0. The normalized spacial score (nSPS) is 11.4. The van der Waals surface area contributed by atoms with Gasteiger partial charge in [0.2, 0.25) is 0 Å². The number of nitrogens with zero attached hydrogens (tertiary/aromatic N) is 1. The predicted molar refractivity (Wildman–Crippen MR) is 75.4 cm³/mol. The number of nitrogens with one attached hydrogen (secondary N) is 1. The van der Waals surface area contributed by atoms with Crippen molar-refractivity contribution in [2.75, 3.05) is 13.7 Å². The zero-order chi connectivity index (χ0) is 16.9. The maximum atomic E-state index is 12.1. The number of hydrogen-bond acceptors (Lipinski definition) is 6. The van der Waals surface area contributed by atoms with E-state index in [1.165, 1.54) is 14.0 Å². The van der Waals surface area contributed by atoms with Crippen LogP contribution in [0.25, 0.3) is 0 Å². The molecule has 0 saturated heterocycles. The van der Waals surface area contributed by atoms with E-state index >= 15 is 0 Å². The average Bonchev–Trinajstić information content (AvgIpc) is 2.46. The van der Waals surface area contributed by atoms with Crippen LogP contribution >= 0.6 is 0 Å². The van der Waals surface area contributed by atoms with Crippen LogP contribution in [-0.4, -0.2) is 41.7 Å². The average molecular weight is 312 g/mol. The minimum Gasteiger partial charge on any atom is -0.493 e. The SMILES string of the molecule is CCOc1cc(C(=O)N[C@H](C)C(=O)O)c([N+](=O)[O-])cc1OC. The first kappa shape index (κ1) is 17.2. The lowest BCUT2D eigenvalue weighted by Crippen LogP contribution is -2.38. The lowest BCUT2D eigenvalue weighted by molar-refractivity contribution is -0.385. The highest BCUT2D eigenvalue weighted by molar-refractivity contribution is 6.00. The van der Waals surface area contributed by atoms with Crippen LogP contribution in [0.4, 0.5) is 5.69 Å². The standard InChI is InChI=1S/C13H16N2O7/c1-4-22-11-5-8(12(16)14-7(2)13(17)18)9(15(19)20)6-10(11)21-3/h5-7H,4H2,1-3H3,(H,14,16)(H,17,18)/t7-/m1/s1. The van der Waals surface area contributed by atoms with Crippen LogP contribution in [0, 0.1) is 10.1 Å². The maximum absolute atomic E-state index is 12.1. The molecule has 0 aliphatic heterocycles. The van der Waals surface area contributed by atoms with Gasteiger partial charge in [0.1, 0.15) is 11.6 Å². The highest BCUT2D eigenvalue weighted by atomic mass is 16.6. The quantitative estimate of drug-likeness (QED) is 0.572. The summed E-state index contributed by atoms with van der Waals surface area (Å²) in [6.45, 7) is 3.22. The summed E-state index contributed by atoms with van der Waals surface area (Å²) in [5, 5.41) is 22.0. The van der Waals surface area contributed by atoms with E-state index in [1.807, 2.05) is 0 Å². The van der Waals surface area contributed by atoms with Gasteiger partial charge in [-0.05, 0) is 13.8 Å². The fraction of sp³-hybridized carbons (Fsp3) is 0.385. The van der Waals surface area contributed by atoms with E-state index in [1.54, 1.807) is 6.92 Å². The number of carbonyl (C=O) groups is 2. The largest absolute Gasteiger partial charge is 0.493 e. The van der Waals surface area contributed by atoms with Crippen molar-refractivity contribution < 1.29 is 29.1 Å². The molecule has 0 aliphatic carbocycles. The zero-order valence-electron chi connectivity index (χ0n) is 12.3. The van der Waals surface area contributed by atoms with Gasteiger partial charge in [0.05, 0.1) is 24.7 Å². The van der Waals surface area contributed by atoms with Gasteiger partial charge in [-0.1, -0.05) is 0 Å². The smallest absolute Gasteiger partial charge is 0.325 e. The molecule has 1 aromatic rings. The number of aliphatic carboxylic acids is 1. The number of amides is 1. The number of nitro benzene ring substituents is 1. The summed E-state index contributed by atoms with van der Waals surface area (Å²) < 4.78 is 10.2. The molecule has 0 radical (unpaired) electrons. The molecule has 0 spiro atoms. The van der Waals surface area contributed by atoms with Crippen LogP contribution in [0.3, 0.4) is 0 Å². The summed E-state index contributed by atoms with van der Waals surface area (Å²) >= 11 is 0. The molecule has 0 aromatic heterocycles. The molecule has 9 nitrogen and oxygen atoms in total. The molecule has 22 heavy (non-hydrogen) atoms. The van der Waals surface area contributed by atoms with Crippen LogP contribution < -0.4 is 14.8 Å². The Hall–Kier alpha value is -2.84. The van der Waals surface area contributed by atoms with Crippen molar-refractivity contribution in [3.05, 3.63) is 27.8 Å². The molecular formula is C13H16N2O7. The fourth-order valence-electron chi connectivity index (χ4n) is 1.65. The second kappa shape index (κ2) is 7.25. The minimum atomic E-state index is -1.26. The first-order chi connectivity index (χ1) is 10.3. The number of carboxylic acid groups (broad SMARTS) is 1. The van der Waals surface area contributed by atoms with E-state index in [0.29, 0.717) is 0 Å². The van der Waals surface area contributed by atoms with Crippen LogP contribution in [0.5, 0.6) is 11.5 Å². The van der Waals surface area contributed by atoms with Gasteiger partial charge in [-0.15, -0.1) is 0 Å². The van der Waals surface area contributed by atoms with Crippen LogP contribution in [0.15, 0.2) is 12.1 Å². The van der Waals surface area contributed by atoms with Gasteiger partial charge in [-0.2, -0.15) is 0 Å². The summed E-state index contributed by atoms with van der Waals surface area (Å²) in [7, 11) is 1.31. The van der Waals surface area contributed by atoms with Crippen molar-refractivity contribution in [1.82, 2.24) is 5.32 Å². The Morgan fingerprint density at radius 3 is 2.50 bits per heavy atom.